The Balaban J connectivity index is 1.45. The second-order valence-electron chi connectivity index (χ2n) is 6.08. The number of halogens is 2. The van der Waals surface area contributed by atoms with Crippen LogP contribution in [0.1, 0.15) is 11.3 Å². The number of benzene rings is 2. The molecule has 25 heavy (non-hydrogen) atoms. The number of fused-ring (bicyclic) bond motifs is 3. The predicted molar refractivity (Wildman–Crippen MR) is 94.3 cm³/mol. The molecule has 1 amide bonds. The standard InChI is InChI=1S/C19H16ClFN2O2/c20-12-1-4-14(5-2-12)25-11-19(24)23-8-7-15-16-9-13(21)3-6-17(16)22-18(15)10-23/h1-6,9,22H,7-8,10-11H2. The fraction of sp³-hybridized carbons (Fsp3) is 0.211. The van der Waals surface area contributed by atoms with E-state index in [1.165, 1.54) is 6.07 Å². The normalized spacial score (nSPS) is 13.8. The molecule has 2 heterocycles. The lowest BCUT2D eigenvalue weighted by atomic mass is 10.0. The highest BCUT2D eigenvalue weighted by atomic mass is 35.5. The van der Waals surface area contributed by atoms with Crippen molar-refractivity contribution in [3.8, 4) is 5.75 Å². The molecule has 0 aliphatic carbocycles. The molecule has 0 spiro atoms. The van der Waals surface area contributed by atoms with Crippen molar-refractivity contribution in [3.05, 3.63) is 64.6 Å². The van der Waals surface area contributed by atoms with Crippen LogP contribution in [0, 0.1) is 5.82 Å². The lowest BCUT2D eigenvalue weighted by Crippen LogP contribution is -2.38. The molecule has 3 aromatic rings. The van der Waals surface area contributed by atoms with Gasteiger partial charge in [0.2, 0.25) is 0 Å². The average molecular weight is 359 g/mol. The second kappa shape index (κ2) is 6.41. The zero-order valence-corrected chi connectivity index (χ0v) is 14.1. The highest BCUT2D eigenvalue weighted by Crippen LogP contribution is 2.28. The first-order valence-electron chi connectivity index (χ1n) is 8.05. The van der Waals surface area contributed by atoms with Crippen molar-refractivity contribution < 1.29 is 13.9 Å². The number of rotatable bonds is 3. The summed E-state index contributed by atoms with van der Waals surface area (Å²) < 4.78 is 19.0. The van der Waals surface area contributed by atoms with Crippen LogP contribution in [0.25, 0.3) is 10.9 Å². The van der Waals surface area contributed by atoms with E-state index in [0.29, 0.717) is 30.3 Å². The number of hydrogen-bond acceptors (Lipinski definition) is 2. The minimum Gasteiger partial charge on any atom is -0.484 e. The Morgan fingerprint density at radius 1 is 1.24 bits per heavy atom. The molecule has 0 unspecified atom stereocenters. The van der Waals surface area contributed by atoms with Gasteiger partial charge in [0.1, 0.15) is 11.6 Å². The molecular formula is C19H16ClFN2O2. The molecule has 4 nitrogen and oxygen atoms in total. The van der Waals surface area contributed by atoms with Crippen molar-refractivity contribution in [3.63, 3.8) is 0 Å². The molecule has 2 aromatic carbocycles. The van der Waals surface area contributed by atoms with E-state index in [0.717, 1.165) is 22.2 Å². The van der Waals surface area contributed by atoms with Gasteiger partial charge >= 0.3 is 0 Å². The van der Waals surface area contributed by atoms with Crippen LogP contribution in [-0.2, 0) is 17.8 Å². The van der Waals surface area contributed by atoms with E-state index in [2.05, 4.69) is 4.98 Å². The van der Waals surface area contributed by atoms with Gasteiger partial charge in [-0.3, -0.25) is 4.79 Å². The first-order chi connectivity index (χ1) is 12.1. The number of carbonyl (C=O) groups is 1. The zero-order valence-electron chi connectivity index (χ0n) is 13.4. The summed E-state index contributed by atoms with van der Waals surface area (Å²) in [6.45, 7) is 1.06. The average Bonchev–Trinajstić information content (AvgIpc) is 2.98. The van der Waals surface area contributed by atoms with Crippen molar-refractivity contribution >= 4 is 28.4 Å². The van der Waals surface area contributed by atoms with Gasteiger partial charge < -0.3 is 14.6 Å². The third-order valence-corrected chi connectivity index (χ3v) is 4.72. The number of nitrogens with zero attached hydrogens (tertiary/aromatic N) is 1. The molecule has 0 bridgehead atoms. The smallest absolute Gasteiger partial charge is 0.260 e. The Hall–Kier alpha value is -2.53. The zero-order chi connectivity index (χ0) is 17.4. The maximum atomic E-state index is 13.5. The molecule has 0 fully saturated rings. The minimum atomic E-state index is -0.246. The first kappa shape index (κ1) is 16.0. The molecule has 0 atom stereocenters. The van der Waals surface area contributed by atoms with Crippen LogP contribution < -0.4 is 4.74 Å². The molecule has 0 radical (unpaired) electrons. The maximum Gasteiger partial charge on any atom is 0.260 e. The molecule has 128 valence electrons. The van der Waals surface area contributed by atoms with E-state index in [-0.39, 0.29) is 18.3 Å². The largest absolute Gasteiger partial charge is 0.484 e. The van der Waals surface area contributed by atoms with Gasteiger partial charge in [-0.25, -0.2) is 4.39 Å². The number of aromatic nitrogens is 1. The number of aromatic amines is 1. The number of amides is 1. The lowest BCUT2D eigenvalue weighted by molar-refractivity contribution is -0.134. The highest BCUT2D eigenvalue weighted by Gasteiger charge is 2.24. The van der Waals surface area contributed by atoms with Gasteiger partial charge in [-0.15, -0.1) is 0 Å². The van der Waals surface area contributed by atoms with E-state index in [1.54, 1.807) is 41.3 Å². The second-order valence-corrected chi connectivity index (χ2v) is 6.52. The fourth-order valence-electron chi connectivity index (χ4n) is 3.19. The van der Waals surface area contributed by atoms with Gasteiger partial charge in [0.05, 0.1) is 6.54 Å². The quantitative estimate of drug-likeness (QED) is 0.771. The van der Waals surface area contributed by atoms with Gasteiger partial charge in [0, 0.05) is 28.2 Å². The molecular weight excluding hydrogens is 343 g/mol. The SMILES string of the molecule is O=C(COc1ccc(Cl)cc1)N1CCc2c([nH]c3ccc(F)cc23)C1. The number of hydrogen-bond donors (Lipinski definition) is 1. The van der Waals surface area contributed by atoms with Crippen LogP contribution in [0.15, 0.2) is 42.5 Å². The van der Waals surface area contributed by atoms with Crippen LogP contribution in [-0.4, -0.2) is 28.9 Å². The monoisotopic (exact) mass is 358 g/mol. The van der Waals surface area contributed by atoms with Gasteiger partial charge in [0.25, 0.3) is 5.91 Å². The summed E-state index contributed by atoms with van der Waals surface area (Å²) >= 11 is 5.83. The molecule has 1 N–H and O–H groups in total. The molecule has 4 rings (SSSR count). The molecule has 1 aliphatic heterocycles. The van der Waals surface area contributed by atoms with E-state index < -0.39 is 0 Å². The fourth-order valence-corrected chi connectivity index (χ4v) is 3.32. The van der Waals surface area contributed by atoms with Crippen LogP contribution in [0.5, 0.6) is 5.75 Å². The molecule has 6 heteroatoms. The molecule has 1 aromatic heterocycles. The van der Waals surface area contributed by atoms with Gasteiger partial charge in [-0.05, 0) is 54.4 Å². The maximum absolute atomic E-state index is 13.5. The van der Waals surface area contributed by atoms with Gasteiger partial charge in [0.15, 0.2) is 6.61 Å². The summed E-state index contributed by atoms with van der Waals surface area (Å²) in [6, 6.07) is 11.6. The van der Waals surface area contributed by atoms with Crippen molar-refractivity contribution in [1.82, 2.24) is 9.88 Å². The summed E-state index contributed by atoms with van der Waals surface area (Å²) in [4.78, 5) is 17.5. The third-order valence-electron chi connectivity index (χ3n) is 4.47. The summed E-state index contributed by atoms with van der Waals surface area (Å²) in [5.41, 5.74) is 2.96. The van der Waals surface area contributed by atoms with Crippen LogP contribution in [0.3, 0.4) is 0 Å². The Morgan fingerprint density at radius 3 is 2.84 bits per heavy atom. The predicted octanol–water partition coefficient (Wildman–Crippen LogP) is 3.92. The van der Waals surface area contributed by atoms with E-state index in [1.807, 2.05) is 0 Å². The lowest BCUT2D eigenvalue weighted by Gasteiger charge is -2.27. The van der Waals surface area contributed by atoms with Gasteiger partial charge in [-0.1, -0.05) is 11.6 Å². The molecule has 0 saturated heterocycles. The summed E-state index contributed by atoms with van der Waals surface area (Å²) in [5.74, 6) is 0.283. The number of nitrogens with one attached hydrogen (secondary N) is 1. The Kier molecular flexibility index (Phi) is 4.09. The van der Waals surface area contributed by atoms with Crippen LogP contribution >= 0.6 is 11.6 Å². The summed E-state index contributed by atoms with van der Waals surface area (Å²) in [7, 11) is 0. The molecule has 0 saturated carbocycles. The first-order valence-corrected chi connectivity index (χ1v) is 8.43. The van der Waals surface area contributed by atoms with Crippen molar-refractivity contribution in [2.45, 2.75) is 13.0 Å². The van der Waals surface area contributed by atoms with E-state index in [9.17, 15) is 9.18 Å². The van der Waals surface area contributed by atoms with Crippen LogP contribution in [0.4, 0.5) is 4.39 Å². The van der Waals surface area contributed by atoms with Crippen molar-refractivity contribution in [2.75, 3.05) is 13.2 Å². The number of H-pyrrole nitrogens is 1. The summed E-state index contributed by atoms with van der Waals surface area (Å²) in [6.07, 6.45) is 0.700. The highest BCUT2D eigenvalue weighted by molar-refractivity contribution is 6.30. The summed E-state index contributed by atoms with van der Waals surface area (Å²) in [5, 5.41) is 1.52. The minimum absolute atomic E-state index is 0.0220. The molecule has 1 aliphatic rings. The number of ether oxygens (including phenoxy) is 1. The Labute approximate surface area is 149 Å². The third kappa shape index (κ3) is 3.20. The van der Waals surface area contributed by atoms with E-state index >= 15 is 0 Å². The van der Waals surface area contributed by atoms with E-state index in [4.69, 9.17) is 16.3 Å². The van der Waals surface area contributed by atoms with Gasteiger partial charge in [-0.2, -0.15) is 0 Å². The Bertz CT molecular complexity index is 936. The number of carbonyl (C=O) groups excluding carboxylic acids is 1. The Morgan fingerprint density at radius 2 is 2.04 bits per heavy atom. The van der Waals surface area contributed by atoms with Crippen LogP contribution in [0.2, 0.25) is 5.02 Å². The van der Waals surface area contributed by atoms with Crippen molar-refractivity contribution in [2.24, 2.45) is 0 Å². The van der Waals surface area contributed by atoms with Crippen molar-refractivity contribution in [1.29, 1.82) is 0 Å². The topological polar surface area (TPSA) is 45.3 Å².